The van der Waals surface area contributed by atoms with Crippen molar-refractivity contribution in [3.05, 3.63) is 83.9 Å². The Labute approximate surface area is 213 Å². The Hall–Kier alpha value is -2.81. The number of carbonyl (C=O) groups excluding carboxylic acids is 1. The molecule has 0 aliphatic heterocycles. The lowest BCUT2D eigenvalue weighted by molar-refractivity contribution is 0.0898. The van der Waals surface area contributed by atoms with E-state index in [9.17, 15) is 4.79 Å². The Morgan fingerprint density at radius 1 is 0.914 bits per heavy atom. The van der Waals surface area contributed by atoms with Crippen LogP contribution in [0.5, 0.6) is 0 Å². The fourth-order valence-corrected chi connectivity index (χ4v) is 4.16. The SMILES string of the molecule is C[Si](C)(C)C/C=C\CCCCC#CC[C@@H](COCc1ccccc1)NC(=O)OCc1ccccc1. The molecule has 1 amide bonds. The third-order valence-electron chi connectivity index (χ3n) is 5.26. The second-order valence-electron chi connectivity index (χ2n) is 9.94. The number of hydrogen-bond donors (Lipinski definition) is 1. The number of carbonyl (C=O) groups is 1. The van der Waals surface area contributed by atoms with E-state index in [1.807, 2.05) is 60.7 Å². The minimum atomic E-state index is -0.976. The minimum Gasteiger partial charge on any atom is -0.445 e. The minimum absolute atomic E-state index is 0.223. The molecule has 1 N–H and O–H groups in total. The van der Waals surface area contributed by atoms with Gasteiger partial charge in [-0.1, -0.05) is 92.5 Å². The topological polar surface area (TPSA) is 47.6 Å². The highest BCUT2D eigenvalue weighted by Gasteiger charge is 2.13. The maximum Gasteiger partial charge on any atom is 0.407 e. The molecular formula is C30H41NO3Si. The molecule has 2 rings (SSSR count). The van der Waals surface area contributed by atoms with Crippen LogP contribution < -0.4 is 5.32 Å². The van der Waals surface area contributed by atoms with Gasteiger partial charge in [-0.3, -0.25) is 0 Å². The molecule has 188 valence electrons. The summed E-state index contributed by atoms with van der Waals surface area (Å²) in [7, 11) is -0.976. The number of hydrogen-bond acceptors (Lipinski definition) is 3. The maximum absolute atomic E-state index is 12.3. The van der Waals surface area contributed by atoms with E-state index < -0.39 is 14.2 Å². The van der Waals surface area contributed by atoms with E-state index in [1.54, 1.807) is 0 Å². The number of allylic oxidation sites excluding steroid dienone is 2. The predicted octanol–water partition coefficient (Wildman–Crippen LogP) is 7.35. The Morgan fingerprint density at radius 2 is 1.57 bits per heavy atom. The van der Waals surface area contributed by atoms with Gasteiger partial charge in [-0.2, -0.15) is 0 Å². The lowest BCUT2D eigenvalue weighted by Gasteiger charge is -2.17. The van der Waals surface area contributed by atoms with E-state index in [-0.39, 0.29) is 12.6 Å². The monoisotopic (exact) mass is 491 g/mol. The summed E-state index contributed by atoms with van der Waals surface area (Å²) in [6, 6.07) is 20.7. The summed E-state index contributed by atoms with van der Waals surface area (Å²) in [5.74, 6) is 6.48. The molecule has 0 saturated heterocycles. The molecule has 0 heterocycles. The third kappa shape index (κ3) is 14.9. The van der Waals surface area contributed by atoms with Gasteiger partial charge in [-0.25, -0.2) is 4.79 Å². The van der Waals surface area contributed by atoms with Crippen molar-refractivity contribution in [1.82, 2.24) is 5.32 Å². The summed E-state index contributed by atoms with van der Waals surface area (Å²) in [5.41, 5.74) is 2.05. The van der Waals surface area contributed by atoms with Gasteiger partial charge >= 0.3 is 6.09 Å². The first kappa shape index (κ1) is 28.4. The number of rotatable bonds is 14. The molecule has 0 bridgehead atoms. The molecule has 1 atom stereocenters. The summed E-state index contributed by atoms with van der Waals surface area (Å²) in [6.45, 7) is 8.30. The van der Waals surface area contributed by atoms with Crippen LogP contribution >= 0.6 is 0 Å². The second kappa shape index (κ2) is 16.8. The third-order valence-corrected chi connectivity index (χ3v) is 6.72. The van der Waals surface area contributed by atoms with Crippen LogP contribution in [0.1, 0.15) is 43.2 Å². The van der Waals surface area contributed by atoms with Crippen molar-refractivity contribution >= 4 is 14.2 Å². The molecule has 0 saturated carbocycles. The zero-order chi connectivity index (χ0) is 25.2. The molecular weight excluding hydrogens is 450 g/mol. The Balaban J connectivity index is 1.74. The van der Waals surface area contributed by atoms with Crippen LogP contribution in [0.25, 0.3) is 0 Å². The van der Waals surface area contributed by atoms with Crippen LogP contribution in [0.4, 0.5) is 4.79 Å². The summed E-state index contributed by atoms with van der Waals surface area (Å²) < 4.78 is 11.2. The standard InChI is InChI=1S/C30H41NO3Si/c1-35(2,3)23-17-9-7-5-4-6-8-16-22-29(26-33-24-27-18-12-10-13-19-27)31-30(32)34-25-28-20-14-11-15-21-28/h9-15,17-21,29H,4-7,22-26H2,1-3H3,(H,31,32)/b17-9-/t29-/m0/s1. The van der Waals surface area contributed by atoms with Crippen LogP contribution in [0.2, 0.25) is 25.7 Å². The highest BCUT2D eigenvalue weighted by atomic mass is 28.3. The predicted molar refractivity (Wildman–Crippen MR) is 148 cm³/mol. The molecule has 2 aromatic carbocycles. The fraction of sp³-hybridized carbons (Fsp3) is 0.433. The van der Waals surface area contributed by atoms with Crippen molar-refractivity contribution in [2.75, 3.05) is 6.61 Å². The highest BCUT2D eigenvalue weighted by molar-refractivity contribution is 6.76. The van der Waals surface area contributed by atoms with Crippen LogP contribution in [-0.4, -0.2) is 26.8 Å². The van der Waals surface area contributed by atoms with Crippen molar-refractivity contribution in [1.29, 1.82) is 0 Å². The molecule has 0 aromatic heterocycles. The van der Waals surface area contributed by atoms with E-state index >= 15 is 0 Å². The van der Waals surface area contributed by atoms with Crippen molar-refractivity contribution in [2.45, 2.75) is 77.0 Å². The summed E-state index contributed by atoms with van der Waals surface area (Å²) >= 11 is 0. The normalized spacial score (nSPS) is 12.1. The van der Waals surface area contributed by atoms with Gasteiger partial charge in [0.25, 0.3) is 0 Å². The van der Waals surface area contributed by atoms with Crippen LogP contribution in [0.3, 0.4) is 0 Å². The van der Waals surface area contributed by atoms with E-state index in [4.69, 9.17) is 9.47 Å². The second-order valence-corrected chi connectivity index (χ2v) is 15.5. The van der Waals surface area contributed by atoms with Crippen LogP contribution in [-0.2, 0) is 22.7 Å². The lowest BCUT2D eigenvalue weighted by atomic mass is 10.1. The smallest absolute Gasteiger partial charge is 0.407 e. The zero-order valence-corrected chi connectivity index (χ0v) is 22.6. The van der Waals surface area contributed by atoms with E-state index in [0.29, 0.717) is 19.6 Å². The molecule has 0 aliphatic carbocycles. The first-order valence-corrected chi connectivity index (χ1v) is 16.3. The number of nitrogens with one attached hydrogen (secondary N) is 1. The van der Waals surface area contributed by atoms with Crippen molar-refractivity contribution in [2.24, 2.45) is 0 Å². The Bertz CT molecular complexity index is 927. The Morgan fingerprint density at radius 3 is 2.23 bits per heavy atom. The molecule has 0 unspecified atom stereocenters. The first-order valence-electron chi connectivity index (χ1n) is 12.6. The summed E-state index contributed by atoms with van der Waals surface area (Å²) in [6.07, 6.45) is 8.99. The van der Waals surface area contributed by atoms with Gasteiger partial charge in [0.2, 0.25) is 0 Å². The average Bonchev–Trinajstić information content (AvgIpc) is 2.84. The maximum atomic E-state index is 12.3. The number of benzene rings is 2. The van der Waals surface area contributed by atoms with Gasteiger partial charge in [0.05, 0.1) is 19.3 Å². The van der Waals surface area contributed by atoms with Gasteiger partial charge < -0.3 is 14.8 Å². The number of alkyl carbamates (subject to hydrolysis) is 1. The van der Waals surface area contributed by atoms with E-state index in [1.165, 1.54) is 6.04 Å². The number of amides is 1. The van der Waals surface area contributed by atoms with Gasteiger partial charge in [-0.05, 0) is 36.4 Å². The highest BCUT2D eigenvalue weighted by Crippen LogP contribution is 2.10. The van der Waals surface area contributed by atoms with Gasteiger partial charge in [0.1, 0.15) is 6.61 Å². The average molecular weight is 492 g/mol. The fourth-order valence-electron chi connectivity index (χ4n) is 3.29. The first-order chi connectivity index (χ1) is 16.9. The zero-order valence-electron chi connectivity index (χ0n) is 21.6. The molecule has 0 fully saturated rings. The summed E-state index contributed by atoms with van der Waals surface area (Å²) in [5, 5.41) is 2.92. The number of unbranched alkanes of at least 4 members (excludes halogenated alkanes) is 3. The van der Waals surface area contributed by atoms with Crippen LogP contribution in [0.15, 0.2) is 72.8 Å². The van der Waals surface area contributed by atoms with Gasteiger partial charge in [0, 0.05) is 20.9 Å². The van der Waals surface area contributed by atoms with Crippen molar-refractivity contribution < 1.29 is 14.3 Å². The molecule has 35 heavy (non-hydrogen) atoms. The van der Waals surface area contributed by atoms with E-state index in [2.05, 4.69) is 49.0 Å². The van der Waals surface area contributed by atoms with Gasteiger partial charge in [0.15, 0.2) is 0 Å². The van der Waals surface area contributed by atoms with E-state index in [0.717, 1.165) is 36.8 Å². The molecule has 0 radical (unpaired) electrons. The quantitative estimate of drug-likeness (QED) is 0.130. The van der Waals surface area contributed by atoms with Crippen molar-refractivity contribution in [3.8, 4) is 11.8 Å². The molecule has 5 heteroatoms. The number of ether oxygens (including phenoxy) is 2. The van der Waals surface area contributed by atoms with Crippen LogP contribution in [0, 0.1) is 11.8 Å². The molecule has 2 aromatic rings. The summed E-state index contributed by atoms with van der Waals surface area (Å²) in [4.78, 5) is 12.3. The van der Waals surface area contributed by atoms with Crippen molar-refractivity contribution in [3.63, 3.8) is 0 Å². The van der Waals surface area contributed by atoms with Gasteiger partial charge in [-0.15, -0.1) is 11.8 Å². The molecule has 4 nitrogen and oxygen atoms in total. The molecule has 0 spiro atoms. The largest absolute Gasteiger partial charge is 0.445 e. The molecule has 0 aliphatic rings. The Kier molecular flexibility index (Phi) is 13.6. The lowest BCUT2D eigenvalue weighted by Crippen LogP contribution is -2.38.